The van der Waals surface area contributed by atoms with E-state index in [0.717, 1.165) is 0 Å². The van der Waals surface area contributed by atoms with Crippen LogP contribution in [-0.2, 0) is 14.3 Å². The number of carbonyl (C=O) groups is 1. The van der Waals surface area contributed by atoms with Gasteiger partial charge in [-0.05, 0) is 10.1 Å². The van der Waals surface area contributed by atoms with Crippen molar-refractivity contribution >= 4 is 25.6 Å². The van der Waals surface area contributed by atoms with E-state index in [4.69, 9.17) is 0 Å². The van der Waals surface area contributed by atoms with Crippen LogP contribution in [0.25, 0.3) is 5.53 Å². The second-order valence-corrected chi connectivity index (χ2v) is 11.5. The maximum Gasteiger partial charge on any atom is 0.412 e. The van der Waals surface area contributed by atoms with Crippen LogP contribution in [0.5, 0.6) is 0 Å². The van der Waals surface area contributed by atoms with Gasteiger partial charge in [0.2, 0.25) is 6.08 Å². The average molecular weight is 283 g/mol. The monoisotopic (exact) mass is 283 g/mol. The molecule has 7 heteroatoms. The van der Waals surface area contributed by atoms with Gasteiger partial charge in [-0.15, -0.1) is 0 Å². The van der Waals surface area contributed by atoms with Crippen LogP contribution < -0.4 is 0 Å². The second kappa shape index (κ2) is 5.61. The van der Waals surface area contributed by atoms with Crippen molar-refractivity contribution in [1.29, 1.82) is 0 Å². The molecule has 0 aromatic carbocycles. The lowest BCUT2D eigenvalue weighted by molar-refractivity contribution is -0.136. The highest BCUT2D eigenvalue weighted by Crippen LogP contribution is 2.52. The summed E-state index contributed by atoms with van der Waals surface area (Å²) in [7, 11) is -1.99. The quantitative estimate of drug-likeness (QED) is 0.198. The first kappa shape index (κ1) is 17.4. The summed E-state index contributed by atoms with van der Waals surface area (Å²) in [5.74, 6) is -0.766. The molecule has 0 rings (SSSR count). The number of hydrogen-bond acceptors (Lipinski definition) is 4. The molecule has 6 nitrogen and oxygen atoms in total. The van der Waals surface area contributed by atoms with Crippen molar-refractivity contribution in [2.45, 2.75) is 51.6 Å². The number of isocyanates is 1. The van der Waals surface area contributed by atoms with E-state index in [1.165, 1.54) is 7.11 Å². The zero-order chi connectivity index (χ0) is 15.5. The predicted octanol–water partition coefficient (Wildman–Crippen LogP) is 2.25. The number of carbonyl (C=O) groups excluding carboxylic acids is 2. The lowest BCUT2D eigenvalue weighted by Gasteiger charge is -2.42. The Hall–Kier alpha value is -1.55. The van der Waals surface area contributed by atoms with E-state index in [-0.39, 0.29) is 5.33 Å². The molecule has 0 aromatic heterocycles. The van der Waals surface area contributed by atoms with Crippen LogP contribution in [0.2, 0.25) is 10.1 Å². The molecule has 0 radical (unpaired) electrons. The zero-order valence-electron chi connectivity index (χ0n) is 12.6. The fraction of sp³-hybridized carbons (Fsp3) is 0.750. The Morgan fingerprint density at radius 3 is 1.84 bits per heavy atom. The minimum Gasteiger partial charge on any atom is -0.461 e. The molecule has 0 spiro atoms. The third-order valence-corrected chi connectivity index (χ3v) is 8.96. The lowest BCUT2D eigenvalue weighted by atomic mass is 10.2. The molecule has 0 fully saturated rings. The van der Waals surface area contributed by atoms with Crippen molar-refractivity contribution in [3.05, 3.63) is 5.53 Å². The van der Waals surface area contributed by atoms with Crippen LogP contribution in [0.1, 0.15) is 41.5 Å². The predicted molar refractivity (Wildman–Crippen MR) is 73.9 cm³/mol. The smallest absolute Gasteiger partial charge is 0.412 e. The summed E-state index contributed by atoms with van der Waals surface area (Å²) in [4.78, 5) is 25.9. The third-order valence-electron chi connectivity index (χ3n) is 3.21. The minimum atomic E-state index is -3.19. The SMILES string of the molecule is COC(=O)C(=[N+]=[N-])[Si](N=C=O)(C(C)(C)C)C(C)(C)C. The molecule has 0 N–H and O–H groups in total. The standard InChI is InChI=1S/C12H21N3O3Si/c1-11(2,3)19(14-8-16,12(4,5)6)9(15-13)10(17)18-7/h1-7H3. The minimum absolute atomic E-state index is 0.168. The summed E-state index contributed by atoms with van der Waals surface area (Å²) in [6, 6.07) is 0. The molecule has 0 atom stereocenters. The van der Waals surface area contributed by atoms with Crippen molar-refractivity contribution in [2.75, 3.05) is 7.11 Å². The van der Waals surface area contributed by atoms with Gasteiger partial charge >= 0.3 is 19.5 Å². The normalized spacial score (nSPS) is 12.2. The fourth-order valence-electron chi connectivity index (χ4n) is 2.65. The molecule has 0 aliphatic carbocycles. The third kappa shape index (κ3) is 2.89. The Labute approximate surface area is 114 Å². The lowest BCUT2D eigenvalue weighted by Crippen LogP contribution is -2.60. The molecular weight excluding hydrogens is 262 g/mol. The van der Waals surface area contributed by atoms with Crippen molar-refractivity contribution in [3.8, 4) is 0 Å². The molecule has 0 saturated heterocycles. The molecule has 0 aliphatic heterocycles. The molecule has 106 valence electrons. The van der Waals surface area contributed by atoms with Crippen LogP contribution in [0.3, 0.4) is 0 Å². The first-order valence-electron chi connectivity index (χ1n) is 5.89. The summed E-state index contributed by atoms with van der Waals surface area (Å²) in [5, 5.41) is -1.23. The number of hydrogen-bond donors (Lipinski definition) is 0. The van der Waals surface area contributed by atoms with Crippen molar-refractivity contribution in [2.24, 2.45) is 4.66 Å². The zero-order valence-corrected chi connectivity index (χ0v) is 13.6. The van der Waals surface area contributed by atoms with E-state index in [2.05, 4.69) is 14.2 Å². The molecular formula is C12H21N3O3Si. The second-order valence-electron chi connectivity index (χ2n) is 6.35. The highest BCUT2D eigenvalue weighted by atomic mass is 28.3. The summed E-state index contributed by atoms with van der Waals surface area (Å²) in [6.07, 6.45) is 1.55. The largest absolute Gasteiger partial charge is 0.461 e. The highest BCUT2D eigenvalue weighted by Gasteiger charge is 2.67. The Bertz CT molecular complexity index is 448. The molecule has 0 bridgehead atoms. The van der Waals surface area contributed by atoms with Gasteiger partial charge < -0.3 is 10.3 Å². The summed E-state index contributed by atoms with van der Waals surface area (Å²) < 4.78 is 8.64. The van der Waals surface area contributed by atoms with Crippen LogP contribution in [0, 0.1) is 0 Å². The first-order chi connectivity index (χ1) is 8.49. The number of rotatable bonds is 3. The Morgan fingerprint density at radius 1 is 1.21 bits per heavy atom. The highest BCUT2D eigenvalue weighted by molar-refractivity contribution is 7.15. The van der Waals surface area contributed by atoms with Crippen LogP contribution in [0.15, 0.2) is 4.66 Å². The van der Waals surface area contributed by atoms with Gasteiger partial charge in [-0.1, -0.05) is 41.5 Å². The van der Waals surface area contributed by atoms with Gasteiger partial charge in [0.05, 0.1) is 7.11 Å². The summed E-state index contributed by atoms with van der Waals surface area (Å²) >= 11 is 0. The van der Waals surface area contributed by atoms with Crippen LogP contribution in [0.4, 0.5) is 0 Å². The number of nitrogens with zero attached hydrogens (tertiary/aromatic N) is 3. The van der Waals surface area contributed by atoms with Gasteiger partial charge in [0.25, 0.3) is 0 Å². The first-order valence-corrected chi connectivity index (χ1v) is 7.84. The molecule has 0 aliphatic rings. The number of esters is 1. The van der Waals surface area contributed by atoms with Gasteiger partial charge in [0.15, 0.2) is 0 Å². The van der Waals surface area contributed by atoms with E-state index in [0.29, 0.717) is 0 Å². The number of ether oxygens (including phenoxy) is 1. The Balaban J connectivity index is 6.58. The van der Waals surface area contributed by atoms with E-state index < -0.39 is 24.3 Å². The van der Waals surface area contributed by atoms with Gasteiger partial charge in [-0.25, -0.2) is 14.2 Å². The summed E-state index contributed by atoms with van der Waals surface area (Å²) in [5.41, 5.74) is 9.25. The van der Waals surface area contributed by atoms with E-state index in [1.807, 2.05) is 41.5 Å². The molecule has 19 heavy (non-hydrogen) atoms. The van der Waals surface area contributed by atoms with E-state index >= 15 is 0 Å². The number of methoxy groups -OCH3 is 1. The Kier molecular flexibility index (Phi) is 5.15. The molecule has 0 saturated carbocycles. The van der Waals surface area contributed by atoms with Gasteiger partial charge in [-0.2, -0.15) is 4.79 Å². The molecule has 0 unspecified atom stereocenters. The topological polar surface area (TPSA) is 92.1 Å². The maximum atomic E-state index is 11.9. The van der Waals surface area contributed by atoms with Crippen molar-refractivity contribution in [1.82, 2.24) is 0 Å². The fourth-order valence-corrected chi connectivity index (χ4v) is 7.78. The average Bonchev–Trinajstić information content (AvgIpc) is 2.25. The van der Waals surface area contributed by atoms with Gasteiger partial charge in [0, 0.05) is 0 Å². The van der Waals surface area contributed by atoms with E-state index in [9.17, 15) is 15.1 Å². The Morgan fingerprint density at radius 2 is 1.63 bits per heavy atom. The maximum absolute atomic E-state index is 11.9. The molecule has 0 heterocycles. The van der Waals surface area contributed by atoms with Crippen LogP contribution in [-0.4, -0.2) is 37.5 Å². The van der Waals surface area contributed by atoms with Gasteiger partial charge in [-0.3, -0.25) is 0 Å². The van der Waals surface area contributed by atoms with Crippen molar-refractivity contribution < 1.29 is 19.1 Å². The van der Waals surface area contributed by atoms with E-state index in [1.54, 1.807) is 6.08 Å². The van der Waals surface area contributed by atoms with Gasteiger partial charge in [0.1, 0.15) is 0 Å². The molecule has 0 amide bonds. The van der Waals surface area contributed by atoms with Crippen LogP contribution >= 0.6 is 0 Å². The van der Waals surface area contributed by atoms with Crippen molar-refractivity contribution in [3.63, 3.8) is 0 Å². The molecule has 0 aromatic rings. The summed E-state index contributed by atoms with van der Waals surface area (Å²) in [6.45, 7) is 11.2.